The molecule has 0 aliphatic rings. The summed E-state index contributed by atoms with van der Waals surface area (Å²) in [5.74, 6) is 0.171. The topological polar surface area (TPSA) is 85.3 Å². The van der Waals surface area contributed by atoms with E-state index in [-0.39, 0.29) is 12.5 Å². The van der Waals surface area contributed by atoms with Gasteiger partial charge in [-0.15, -0.1) is 0 Å². The molecule has 0 atom stereocenters. The number of amides is 1. The zero-order valence-electron chi connectivity index (χ0n) is 18.5. The number of aromatic nitrogens is 3. The van der Waals surface area contributed by atoms with Crippen molar-refractivity contribution >= 4 is 34.9 Å². The van der Waals surface area contributed by atoms with Crippen molar-refractivity contribution in [2.75, 3.05) is 6.54 Å². The van der Waals surface area contributed by atoms with Gasteiger partial charge in [-0.2, -0.15) is 0 Å². The summed E-state index contributed by atoms with van der Waals surface area (Å²) in [5.41, 5.74) is 11.7. The van der Waals surface area contributed by atoms with Gasteiger partial charge in [0.25, 0.3) is 5.91 Å². The van der Waals surface area contributed by atoms with E-state index in [9.17, 15) is 4.79 Å². The van der Waals surface area contributed by atoms with E-state index in [0.717, 1.165) is 51.5 Å². The zero-order valence-corrected chi connectivity index (χ0v) is 20.0. The molecule has 0 bridgehead atoms. The molecule has 0 unspecified atom stereocenters. The van der Waals surface area contributed by atoms with Crippen LogP contribution < -0.4 is 11.1 Å². The van der Waals surface area contributed by atoms with Gasteiger partial charge in [0.15, 0.2) is 0 Å². The first-order valence-electron chi connectivity index (χ1n) is 10.8. The molecule has 1 amide bonds. The first-order valence-corrected chi connectivity index (χ1v) is 11.5. The molecule has 0 saturated carbocycles. The molecule has 33 heavy (non-hydrogen) atoms. The van der Waals surface area contributed by atoms with Crippen molar-refractivity contribution in [2.24, 2.45) is 5.73 Å². The molecule has 3 N–H and O–H groups in total. The number of rotatable bonds is 7. The first kappa shape index (κ1) is 23.2. The third-order valence-corrected chi connectivity index (χ3v) is 6.28. The van der Waals surface area contributed by atoms with E-state index in [2.05, 4.69) is 15.3 Å². The monoisotopic (exact) mass is 481 g/mol. The average Bonchev–Trinajstić information content (AvgIpc) is 3.21. The second kappa shape index (κ2) is 9.91. The molecule has 0 radical (unpaired) electrons. The smallest absolute Gasteiger partial charge is 0.271 e. The van der Waals surface area contributed by atoms with Gasteiger partial charge in [0.05, 0.1) is 10.7 Å². The lowest BCUT2D eigenvalue weighted by molar-refractivity contribution is 0.0949. The highest BCUT2D eigenvalue weighted by atomic mass is 35.5. The van der Waals surface area contributed by atoms with Gasteiger partial charge in [-0.3, -0.25) is 9.20 Å². The van der Waals surface area contributed by atoms with E-state index in [1.165, 1.54) is 0 Å². The SMILES string of the molecule is Cc1ccc(-c2c(CN)c(C)nc3nc(C(=O)NCCCc4ccccc4Cl)cn23)c(Cl)c1. The minimum Gasteiger partial charge on any atom is -0.351 e. The first-order chi connectivity index (χ1) is 15.9. The van der Waals surface area contributed by atoms with E-state index >= 15 is 0 Å². The lowest BCUT2D eigenvalue weighted by atomic mass is 10.0. The lowest BCUT2D eigenvalue weighted by Crippen LogP contribution is -2.25. The van der Waals surface area contributed by atoms with Crippen LogP contribution in [0.2, 0.25) is 10.0 Å². The predicted octanol–water partition coefficient (Wildman–Crippen LogP) is 5.14. The minimum absolute atomic E-state index is 0.257. The largest absolute Gasteiger partial charge is 0.351 e. The molecule has 2 aromatic heterocycles. The predicted molar refractivity (Wildman–Crippen MR) is 133 cm³/mol. The molecule has 6 nitrogen and oxygen atoms in total. The van der Waals surface area contributed by atoms with Crippen LogP contribution in [0, 0.1) is 13.8 Å². The summed E-state index contributed by atoms with van der Waals surface area (Å²) in [4.78, 5) is 21.8. The molecule has 0 aliphatic heterocycles. The highest BCUT2D eigenvalue weighted by Crippen LogP contribution is 2.33. The molecule has 4 aromatic rings. The summed E-state index contributed by atoms with van der Waals surface area (Å²) < 4.78 is 1.80. The number of fused-ring (bicyclic) bond motifs is 1. The lowest BCUT2D eigenvalue weighted by Gasteiger charge is -2.15. The third-order valence-electron chi connectivity index (χ3n) is 5.60. The van der Waals surface area contributed by atoms with Crippen molar-refractivity contribution < 1.29 is 4.79 Å². The van der Waals surface area contributed by atoms with Gasteiger partial charge in [-0.05, 0) is 49.9 Å². The van der Waals surface area contributed by atoms with Crippen molar-refractivity contribution in [3.05, 3.63) is 86.8 Å². The number of halogens is 2. The quantitative estimate of drug-likeness (QED) is 0.357. The highest BCUT2D eigenvalue weighted by Gasteiger charge is 2.20. The number of benzene rings is 2. The summed E-state index contributed by atoms with van der Waals surface area (Å²) in [5, 5.41) is 4.28. The van der Waals surface area contributed by atoms with E-state index < -0.39 is 0 Å². The van der Waals surface area contributed by atoms with Crippen LogP contribution in [0.15, 0.2) is 48.7 Å². The van der Waals surface area contributed by atoms with Crippen LogP contribution in [0.25, 0.3) is 17.0 Å². The van der Waals surface area contributed by atoms with Crippen molar-refractivity contribution in [1.82, 2.24) is 19.7 Å². The Bertz CT molecular complexity index is 1330. The fourth-order valence-electron chi connectivity index (χ4n) is 3.88. The Morgan fingerprint density at radius 1 is 1.09 bits per heavy atom. The molecule has 2 heterocycles. The second-order valence-corrected chi connectivity index (χ2v) is 8.77. The van der Waals surface area contributed by atoms with Crippen molar-refractivity contribution in [3.8, 4) is 11.3 Å². The van der Waals surface area contributed by atoms with Crippen molar-refractivity contribution in [3.63, 3.8) is 0 Å². The van der Waals surface area contributed by atoms with Crippen LogP contribution in [0.3, 0.4) is 0 Å². The number of aryl methyl sites for hydroxylation is 3. The maximum Gasteiger partial charge on any atom is 0.271 e. The number of imidazole rings is 1. The fourth-order valence-corrected chi connectivity index (χ4v) is 4.43. The van der Waals surface area contributed by atoms with Gasteiger partial charge in [0.1, 0.15) is 5.69 Å². The van der Waals surface area contributed by atoms with Gasteiger partial charge in [-0.25, -0.2) is 9.97 Å². The molecule has 0 spiro atoms. The van der Waals surface area contributed by atoms with Gasteiger partial charge in [0.2, 0.25) is 5.78 Å². The molecule has 0 fully saturated rings. The van der Waals surface area contributed by atoms with Crippen LogP contribution in [-0.4, -0.2) is 26.8 Å². The van der Waals surface area contributed by atoms with Gasteiger partial charge < -0.3 is 11.1 Å². The number of carbonyl (C=O) groups excluding carboxylic acids is 1. The average molecular weight is 482 g/mol. The Morgan fingerprint density at radius 3 is 2.61 bits per heavy atom. The molecule has 2 aromatic carbocycles. The van der Waals surface area contributed by atoms with Gasteiger partial charge in [0, 0.05) is 41.1 Å². The van der Waals surface area contributed by atoms with Crippen molar-refractivity contribution in [2.45, 2.75) is 33.2 Å². The second-order valence-electron chi connectivity index (χ2n) is 7.96. The Morgan fingerprint density at radius 2 is 1.88 bits per heavy atom. The normalized spacial score (nSPS) is 11.2. The van der Waals surface area contributed by atoms with Crippen LogP contribution in [0.4, 0.5) is 0 Å². The van der Waals surface area contributed by atoms with Crippen molar-refractivity contribution in [1.29, 1.82) is 0 Å². The number of hydrogen-bond acceptors (Lipinski definition) is 4. The molecular weight excluding hydrogens is 457 g/mol. The zero-order chi connectivity index (χ0) is 23.5. The highest BCUT2D eigenvalue weighted by molar-refractivity contribution is 6.33. The van der Waals surface area contributed by atoms with Gasteiger partial charge in [-0.1, -0.05) is 53.5 Å². The molecule has 8 heteroatoms. The Labute approximate surface area is 202 Å². The van der Waals surface area contributed by atoms with Crippen LogP contribution >= 0.6 is 23.2 Å². The summed E-state index contributed by atoms with van der Waals surface area (Å²) >= 11 is 12.8. The number of nitrogens with one attached hydrogen (secondary N) is 1. The summed E-state index contributed by atoms with van der Waals surface area (Å²) in [6, 6.07) is 13.6. The van der Waals surface area contributed by atoms with Crippen LogP contribution in [0.1, 0.15) is 39.3 Å². The summed E-state index contributed by atoms with van der Waals surface area (Å²) in [6.45, 7) is 4.67. The van der Waals surface area contributed by atoms with Gasteiger partial charge >= 0.3 is 0 Å². The molecular formula is C25H25Cl2N5O. The Balaban J connectivity index is 1.59. The summed E-state index contributed by atoms with van der Waals surface area (Å²) in [7, 11) is 0. The van der Waals surface area contributed by atoms with Crippen LogP contribution in [-0.2, 0) is 13.0 Å². The van der Waals surface area contributed by atoms with Crippen LogP contribution in [0.5, 0.6) is 0 Å². The maximum atomic E-state index is 12.8. The third kappa shape index (κ3) is 4.88. The molecule has 0 aliphatic carbocycles. The molecule has 0 saturated heterocycles. The van der Waals surface area contributed by atoms with E-state index in [0.29, 0.717) is 23.0 Å². The standard InChI is InChI=1S/C25H25Cl2N5O/c1-15-9-10-18(21(27)12-15)23-19(13-28)16(2)30-25-31-22(14-32(23)25)24(33)29-11-5-7-17-6-3-4-8-20(17)26/h3-4,6,8-10,12,14H,5,7,11,13,28H2,1-2H3,(H,29,33). The Hall–Kier alpha value is -2.93. The number of carbonyl (C=O) groups is 1. The maximum absolute atomic E-state index is 12.8. The molecule has 4 rings (SSSR count). The number of nitrogens with two attached hydrogens (primary N) is 1. The Kier molecular flexibility index (Phi) is 6.98. The summed E-state index contributed by atoms with van der Waals surface area (Å²) in [6.07, 6.45) is 3.24. The van der Waals surface area contributed by atoms with E-state index in [4.69, 9.17) is 28.9 Å². The van der Waals surface area contributed by atoms with E-state index in [1.54, 1.807) is 10.6 Å². The minimum atomic E-state index is -0.257. The number of hydrogen-bond donors (Lipinski definition) is 2. The fraction of sp³-hybridized carbons (Fsp3) is 0.240. The number of nitrogens with zero attached hydrogens (tertiary/aromatic N) is 3. The molecule has 170 valence electrons. The van der Waals surface area contributed by atoms with E-state index in [1.807, 2.05) is 56.3 Å².